The van der Waals surface area contributed by atoms with Crippen LogP contribution in [-0.2, 0) is 0 Å². The zero-order valence-electron chi connectivity index (χ0n) is 9.69. The average molecular weight is 233 g/mol. The maximum absolute atomic E-state index is 5.93. The number of nitrogens with zero attached hydrogens (tertiary/aromatic N) is 6. The molecule has 0 saturated carbocycles. The van der Waals surface area contributed by atoms with Crippen LogP contribution in [0.3, 0.4) is 0 Å². The summed E-state index contributed by atoms with van der Waals surface area (Å²) in [5.41, 5.74) is 6.59. The largest absolute Gasteiger partial charge is 0.355 e. The van der Waals surface area contributed by atoms with Gasteiger partial charge in [0.05, 0.1) is 0 Å². The minimum Gasteiger partial charge on any atom is -0.355 e. The van der Waals surface area contributed by atoms with Crippen molar-refractivity contribution in [2.75, 3.05) is 18.0 Å². The molecule has 0 spiro atoms. The SMILES string of the molecule is CC(N)C1CCN(c2ccc3nnnn3n2)C1. The zero-order valence-corrected chi connectivity index (χ0v) is 9.69. The molecule has 2 aromatic heterocycles. The first-order valence-electron chi connectivity index (χ1n) is 5.80. The molecule has 2 atom stereocenters. The van der Waals surface area contributed by atoms with Crippen LogP contribution in [0.25, 0.3) is 5.65 Å². The van der Waals surface area contributed by atoms with Gasteiger partial charge in [-0.3, -0.25) is 0 Å². The fourth-order valence-corrected chi connectivity index (χ4v) is 2.23. The second-order valence-corrected chi connectivity index (χ2v) is 4.57. The number of rotatable bonds is 2. The van der Waals surface area contributed by atoms with Crippen molar-refractivity contribution in [2.45, 2.75) is 19.4 Å². The molecular formula is C10H15N7. The highest BCUT2D eigenvalue weighted by atomic mass is 15.6. The highest BCUT2D eigenvalue weighted by Crippen LogP contribution is 2.23. The second kappa shape index (κ2) is 3.92. The molecule has 1 aliphatic rings. The summed E-state index contributed by atoms with van der Waals surface area (Å²) in [5.74, 6) is 1.45. The van der Waals surface area contributed by atoms with Crippen molar-refractivity contribution >= 4 is 11.5 Å². The maximum Gasteiger partial charge on any atom is 0.200 e. The first kappa shape index (κ1) is 10.4. The Morgan fingerprint density at radius 1 is 1.47 bits per heavy atom. The summed E-state index contributed by atoms with van der Waals surface area (Å²) in [5, 5.41) is 15.6. The van der Waals surface area contributed by atoms with Gasteiger partial charge in [0.1, 0.15) is 0 Å². The lowest BCUT2D eigenvalue weighted by molar-refractivity contribution is 0.487. The van der Waals surface area contributed by atoms with E-state index in [-0.39, 0.29) is 6.04 Å². The topological polar surface area (TPSA) is 85.2 Å². The normalized spacial score (nSPS) is 22.2. The van der Waals surface area contributed by atoms with Gasteiger partial charge in [0.2, 0.25) is 0 Å². The second-order valence-electron chi connectivity index (χ2n) is 4.57. The van der Waals surface area contributed by atoms with E-state index in [1.54, 1.807) is 0 Å². The Bertz CT molecular complexity index is 520. The highest BCUT2D eigenvalue weighted by Gasteiger charge is 2.26. The first-order chi connectivity index (χ1) is 8.24. The van der Waals surface area contributed by atoms with Crippen molar-refractivity contribution in [1.82, 2.24) is 25.3 Å². The Morgan fingerprint density at radius 2 is 2.35 bits per heavy atom. The minimum absolute atomic E-state index is 0.233. The van der Waals surface area contributed by atoms with Gasteiger partial charge in [-0.15, -0.1) is 14.8 Å². The van der Waals surface area contributed by atoms with Gasteiger partial charge < -0.3 is 10.6 Å². The Labute approximate surface area is 98.6 Å². The monoisotopic (exact) mass is 233 g/mol. The van der Waals surface area contributed by atoms with Crippen molar-refractivity contribution < 1.29 is 0 Å². The van der Waals surface area contributed by atoms with Crippen molar-refractivity contribution in [3.05, 3.63) is 12.1 Å². The molecule has 90 valence electrons. The Morgan fingerprint density at radius 3 is 3.12 bits per heavy atom. The lowest BCUT2D eigenvalue weighted by Gasteiger charge is -2.18. The fourth-order valence-electron chi connectivity index (χ4n) is 2.23. The third-order valence-corrected chi connectivity index (χ3v) is 3.35. The molecule has 7 nitrogen and oxygen atoms in total. The minimum atomic E-state index is 0.233. The van der Waals surface area contributed by atoms with E-state index in [0.29, 0.717) is 11.6 Å². The molecule has 17 heavy (non-hydrogen) atoms. The molecule has 0 bridgehead atoms. The number of hydrogen-bond donors (Lipinski definition) is 1. The van der Waals surface area contributed by atoms with Gasteiger partial charge in [0, 0.05) is 19.1 Å². The van der Waals surface area contributed by atoms with Crippen LogP contribution < -0.4 is 10.6 Å². The van der Waals surface area contributed by atoms with Gasteiger partial charge in [-0.2, -0.15) is 0 Å². The van der Waals surface area contributed by atoms with Gasteiger partial charge >= 0.3 is 0 Å². The number of hydrogen-bond acceptors (Lipinski definition) is 6. The first-order valence-corrected chi connectivity index (χ1v) is 5.80. The molecule has 0 aromatic carbocycles. The van der Waals surface area contributed by atoms with E-state index >= 15 is 0 Å². The quantitative estimate of drug-likeness (QED) is 0.766. The molecule has 2 N–H and O–H groups in total. The smallest absolute Gasteiger partial charge is 0.200 e. The third kappa shape index (κ3) is 1.82. The van der Waals surface area contributed by atoms with Crippen molar-refractivity contribution in [1.29, 1.82) is 0 Å². The number of anilines is 1. The summed E-state index contributed by atoms with van der Waals surface area (Å²) >= 11 is 0. The van der Waals surface area contributed by atoms with E-state index < -0.39 is 0 Å². The van der Waals surface area contributed by atoms with Crippen molar-refractivity contribution in [2.24, 2.45) is 11.7 Å². The van der Waals surface area contributed by atoms with Gasteiger partial charge in [-0.1, -0.05) is 0 Å². The van der Waals surface area contributed by atoms with E-state index in [0.717, 1.165) is 25.3 Å². The van der Waals surface area contributed by atoms with Crippen molar-refractivity contribution in [3.63, 3.8) is 0 Å². The third-order valence-electron chi connectivity index (χ3n) is 3.35. The van der Waals surface area contributed by atoms with Crippen LogP contribution in [0.2, 0.25) is 0 Å². The van der Waals surface area contributed by atoms with Crippen LogP contribution >= 0.6 is 0 Å². The summed E-state index contributed by atoms with van der Waals surface area (Å²) in [6.45, 7) is 4.01. The van der Waals surface area contributed by atoms with Crippen molar-refractivity contribution in [3.8, 4) is 0 Å². The summed E-state index contributed by atoms with van der Waals surface area (Å²) < 4.78 is 1.45. The predicted octanol–water partition coefficient (Wildman–Crippen LogP) is -0.307. The predicted molar refractivity (Wildman–Crippen MR) is 62.5 cm³/mol. The summed E-state index contributed by atoms with van der Waals surface area (Å²) in [4.78, 5) is 2.23. The molecule has 0 radical (unpaired) electrons. The van der Waals surface area contributed by atoms with Crippen LogP contribution in [0, 0.1) is 5.92 Å². The van der Waals surface area contributed by atoms with Crippen LogP contribution in [0.5, 0.6) is 0 Å². The number of fused-ring (bicyclic) bond motifs is 1. The summed E-state index contributed by atoms with van der Waals surface area (Å²) in [6, 6.07) is 4.06. The molecule has 1 fully saturated rings. The van der Waals surface area contributed by atoms with E-state index in [1.165, 1.54) is 4.63 Å². The van der Waals surface area contributed by atoms with E-state index in [1.807, 2.05) is 12.1 Å². The van der Waals surface area contributed by atoms with Gasteiger partial charge in [0.15, 0.2) is 11.5 Å². The molecule has 0 amide bonds. The van der Waals surface area contributed by atoms with Gasteiger partial charge in [-0.05, 0) is 41.8 Å². The van der Waals surface area contributed by atoms with Crippen LogP contribution in [0.15, 0.2) is 12.1 Å². The summed E-state index contributed by atoms with van der Waals surface area (Å²) in [6.07, 6.45) is 1.12. The molecule has 2 aromatic rings. The fraction of sp³-hybridized carbons (Fsp3) is 0.600. The van der Waals surface area contributed by atoms with Gasteiger partial charge in [-0.25, -0.2) is 0 Å². The standard InChI is InChI=1S/C10H15N7/c1-7(11)8-4-5-16(6-8)10-3-2-9-12-14-15-17(9)13-10/h2-3,7-8H,4-6,11H2,1H3. The van der Waals surface area contributed by atoms with Crippen LogP contribution in [0.4, 0.5) is 5.82 Å². The molecule has 3 rings (SSSR count). The van der Waals surface area contributed by atoms with Crippen LogP contribution in [-0.4, -0.2) is 44.4 Å². The molecule has 2 unspecified atom stereocenters. The van der Waals surface area contributed by atoms with E-state index in [9.17, 15) is 0 Å². The average Bonchev–Trinajstić information content (AvgIpc) is 2.97. The highest BCUT2D eigenvalue weighted by molar-refractivity contribution is 5.45. The molecular weight excluding hydrogens is 218 g/mol. The summed E-state index contributed by atoms with van der Waals surface area (Å²) in [7, 11) is 0. The number of tetrazole rings is 1. The lowest BCUT2D eigenvalue weighted by Crippen LogP contribution is -2.30. The molecule has 1 saturated heterocycles. The van der Waals surface area contributed by atoms with E-state index in [2.05, 4.69) is 32.4 Å². The number of aromatic nitrogens is 5. The molecule has 3 heterocycles. The molecule has 1 aliphatic heterocycles. The molecule has 7 heteroatoms. The Balaban J connectivity index is 1.84. The van der Waals surface area contributed by atoms with Gasteiger partial charge in [0.25, 0.3) is 0 Å². The van der Waals surface area contributed by atoms with E-state index in [4.69, 9.17) is 5.73 Å². The van der Waals surface area contributed by atoms with Crippen LogP contribution in [0.1, 0.15) is 13.3 Å². The Hall–Kier alpha value is -1.76. The Kier molecular flexibility index (Phi) is 2.40. The number of nitrogens with two attached hydrogens (primary N) is 1. The zero-order chi connectivity index (χ0) is 11.8. The molecule has 0 aliphatic carbocycles. The lowest BCUT2D eigenvalue weighted by atomic mass is 10.0. The maximum atomic E-state index is 5.93.